The number of ketones is 1. The van der Waals surface area contributed by atoms with Crippen molar-refractivity contribution in [3.63, 3.8) is 0 Å². The van der Waals surface area contributed by atoms with Crippen LogP contribution in [0.4, 0.5) is 0 Å². The highest BCUT2D eigenvalue weighted by atomic mass is 16.1. The first-order valence-corrected chi connectivity index (χ1v) is 9.23. The molecule has 3 atom stereocenters. The van der Waals surface area contributed by atoms with Gasteiger partial charge in [0, 0.05) is 19.0 Å². The second-order valence-electron chi connectivity index (χ2n) is 7.80. The first-order chi connectivity index (χ1) is 11.2. The molecule has 0 N–H and O–H groups in total. The van der Waals surface area contributed by atoms with E-state index in [4.69, 9.17) is 0 Å². The van der Waals surface area contributed by atoms with Gasteiger partial charge in [0.05, 0.1) is 0 Å². The molecule has 1 aromatic carbocycles. The van der Waals surface area contributed by atoms with E-state index in [0.29, 0.717) is 23.7 Å². The molecule has 2 aliphatic carbocycles. The summed E-state index contributed by atoms with van der Waals surface area (Å²) in [5.74, 6) is 2.62. The van der Waals surface area contributed by atoms with Gasteiger partial charge in [-0.15, -0.1) is 0 Å². The number of benzene rings is 1. The van der Waals surface area contributed by atoms with Gasteiger partial charge in [0.15, 0.2) is 5.78 Å². The van der Waals surface area contributed by atoms with Crippen molar-refractivity contribution in [1.82, 2.24) is 4.90 Å². The van der Waals surface area contributed by atoms with Crippen LogP contribution in [0.25, 0.3) is 6.08 Å². The molecular formula is C21H27NO. The van der Waals surface area contributed by atoms with Gasteiger partial charge in [-0.05, 0) is 74.1 Å². The van der Waals surface area contributed by atoms with Gasteiger partial charge in [-0.25, -0.2) is 0 Å². The van der Waals surface area contributed by atoms with E-state index in [-0.39, 0.29) is 0 Å². The molecule has 1 heterocycles. The lowest BCUT2D eigenvalue weighted by molar-refractivity contribution is -0.120. The number of hydrogen-bond acceptors (Lipinski definition) is 2. The Kier molecular flexibility index (Phi) is 4.11. The molecule has 1 saturated heterocycles. The summed E-state index contributed by atoms with van der Waals surface area (Å²) in [6, 6.07) is 10.9. The van der Waals surface area contributed by atoms with Crippen LogP contribution in [0.15, 0.2) is 35.9 Å². The summed E-state index contributed by atoms with van der Waals surface area (Å²) in [5.41, 5.74) is 2.21. The zero-order chi connectivity index (χ0) is 15.8. The smallest absolute Gasteiger partial charge is 0.159 e. The number of piperidine rings is 1. The SMILES string of the molecule is C[C@@H]1C2C/C(=C\c3ccccc3)C(=O)CC2CCN1CC1CC1. The minimum Gasteiger partial charge on any atom is -0.300 e. The molecule has 0 amide bonds. The van der Waals surface area contributed by atoms with E-state index in [9.17, 15) is 4.79 Å². The van der Waals surface area contributed by atoms with Crippen molar-refractivity contribution in [2.45, 2.75) is 45.1 Å². The molecule has 0 aromatic heterocycles. The van der Waals surface area contributed by atoms with Crippen LogP contribution in [-0.2, 0) is 4.79 Å². The Bertz CT molecular complexity index is 602. The van der Waals surface area contributed by atoms with E-state index in [1.807, 2.05) is 18.2 Å². The van der Waals surface area contributed by atoms with E-state index < -0.39 is 0 Å². The van der Waals surface area contributed by atoms with Crippen molar-refractivity contribution >= 4 is 11.9 Å². The van der Waals surface area contributed by atoms with Crippen molar-refractivity contribution in [1.29, 1.82) is 0 Å². The van der Waals surface area contributed by atoms with Crippen LogP contribution >= 0.6 is 0 Å². The van der Waals surface area contributed by atoms with Gasteiger partial charge in [-0.3, -0.25) is 4.79 Å². The maximum absolute atomic E-state index is 12.5. The molecule has 3 aliphatic rings. The largest absolute Gasteiger partial charge is 0.300 e. The molecule has 2 nitrogen and oxygen atoms in total. The minimum absolute atomic E-state index is 0.387. The van der Waals surface area contributed by atoms with Gasteiger partial charge < -0.3 is 4.90 Å². The van der Waals surface area contributed by atoms with Crippen molar-refractivity contribution in [2.75, 3.05) is 13.1 Å². The standard InChI is InChI=1S/C21H27NO/c1-15-20-12-19(11-16-5-3-2-4-6-16)21(23)13-18(20)9-10-22(15)14-17-7-8-17/h2-6,11,15,17-18,20H,7-10,12-14H2,1H3/b19-11+/t15-,18?,20?/m1/s1. The molecule has 3 fully saturated rings. The van der Waals surface area contributed by atoms with Crippen LogP contribution in [0.5, 0.6) is 0 Å². The molecule has 2 unspecified atom stereocenters. The van der Waals surface area contributed by atoms with Crippen LogP contribution in [-0.4, -0.2) is 29.8 Å². The third kappa shape index (κ3) is 3.28. The molecule has 0 radical (unpaired) electrons. The second kappa shape index (κ2) is 6.24. The lowest BCUT2D eigenvalue weighted by Gasteiger charge is -2.46. The number of carbonyl (C=O) groups excluding carboxylic acids is 1. The first-order valence-electron chi connectivity index (χ1n) is 9.23. The zero-order valence-corrected chi connectivity index (χ0v) is 14.1. The molecule has 2 heteroatoms. The van der Waals surface area contributed by atoms with Gasteiger partial charge in [0.2, 0.25) is 0 Å². The Balaban J connectivity index is 1.51. The number of likely N-dealkylation sites (tertiary alicyclic amines) is 1. The third-order valence-corrected chi connectivity index (χ3v) is 6.18. The van der Waals surface area contributed by atoms with E-state index in [2.05, 4.69) is 30.0 Å². The van der Waals surface area contributed by atoms with Crippen molar-refractivity contribution in [3.8, 4) is 0 Å². The molecule has 0 bridgehead atoms. The topological polar surface area (TPSA) is 20.3 Å². The summed E-state index contributed by atoms with van der Waals surface area (Å²) in [4.78, 5) is 15.3. The fourth-order valence-corrected chi connectivity index (χ4v) is 4.52. The predicted molar refractivity (Wildman–Crippen MR) is 94.0 cm³/mol. The van der Waals surface area contributed by atoms with E-state index >= 15 is 0 Å². The summed E-state index contributed by atoms with van der Waals surface area (Å²) in [6.45, 7) is 4.88. The third-order valence-electron chi connectivity index (χ3n) is 6.18. The van der Waals surface area contributed by atoms with Gasteiger partial charge in [0.1, 0.15) is 0 Å². The van der Waals surface area contributed by atoms with Gasteiger partial charge in [0.25, 0.3) is 0 Å². The van der Waals surface area contributed by atoms with E-state index in [1.165, 1.54) is 32.4 Å². The first kappa shape index (κ1) is 15.1. The highest BCUT2D eigenvalue weighted by molar-refractivity contribution is 6.00. The fourth-order valence-electron chi connectivity index (χ4n) is 4.52. The summed E-state index contributed by atoms with van der Waals surface area (Å²) < 4.78 is 0. The fraction of sp³-hybridized carbons (Fsp3) is 0.571. The lowest BCUT2D eigenvalue weighted by atomic mass is 9.69. The second-order valence-corrected chi connectivity index (χ2v) is 7.80. The van der Waals surface area contributed by atoms with Crippen molar-refractivity contribution in [2.24, 2.45) is 17.8 Å². The molecule has 0 spiro atoms. The summed E-state index contributed by atoms with van der Waals surface area (Å²) in [7, 11) is 0. The van der Waals surface area contributed by atoms with Crippen LogP contribution in [0.3, 0.4) is 0 Å². The Morgan fingerprint density at radius 2 is 1.91 bits per heavy atom. The minimum atomic E-state index is 0.387. The molecule has 122 valence electrons. The Hall–Kier alpha value is -1.41. The molecule has 1 aliphatic heterocycles. The average Bonchev–Trinajstić information content (AvgIpc) is 3.37. The molecule has 23 heavy (non-hydrogen) atoms. The lowest BCUT2D eigenvalue weighted by Crippen LogP contribution is -2.50. The number of hydrogen-bond donors (Lipinski definition) is 0. The van der Waals surface area contributed by atoms with Crippen molar-refractivity contribution < 1.29 is 4.79 Å². The van der Waals surface area contributed by atoms with Gasteiger partial charge in [-0.1, -0.05) is 30.3 Å². The summed E-state index contributed by atoms with van der Waals surface area (Å²) in [6.07, 6.45) is 7.94. The van der Waals surface area contributed by atoms with Crippen molar-refractivity contribution in [3.05, 3.63) is 41.5 Å². The predicted octanol–water partition coefficient (Wildman–Crippen LogP) is 4.17. The number of allylic oxidation sites excluding steroid dienone is 1. The molecule has 2 saturated carbocycles. The molecule has 1 aromatic rings. The quantitative estimate of drug-likeness (QED) is 0.781. The number of fused-ring (bicyclic) bond motifs is 1. The van der Waals surface area contributed by atoms with Gasteiger partial charge >= 0.3 is 0 Å². The Morgan fingerprint density at radius 3 is 2.65 bits per heavy atom. The monoisotopic (exact) mass is 309 g/mol. The number of Topliss-reactive ketones (excluding diaryl/α,β-unsaturated/α-hetero) is 1. The highest BCUT2D eigenvalue weighted by Crippen LogP contribution is 2.42. The number of carbonyl (C=O) groups is 1. The van der Waals surface area contributed by atoms with Crippen LogP contribution < -0.4 is 0 Å². The highest BCUT2D eigenvalue weighted by Gasteiger charge is 2.41. The average molecular weight is 309 g/mol. The van der Waals surface area contributed by atoms with E-state index in [1.54, 1.807) is 0 Å². The van der Waals surface area contributed by atoms with Crippen LogP contribution in [0, 0.1) is 17.8 Å². The van der Waals surface area contributed by atoms with Gasteiger partial charge in [-0.2, -0.15) is 0 Å². The number of nitrogens with zero attached hydrogens (tertiary/aromatic N) is 1. The zero-order valence-electron chi connectivity index (χ0n) is 14.1. The molecular weight excluding hydrogens is 282 g/mol. The summed E-state index contributed by atoms with van der Waals surface area (Å²) >= 11 is 0. The maximum Gasteiger partial charge on any atom is 0.159 e. The summed E-state index contributed by atoms with van der Waals surface area (Å²) in [5, 5.41) is 0. The van der Waals surface area contributed by atoms with Crippen LogP contribution in [0.1, 0.15) is 44.6 Å². The maximum atomic E-state index is 12.5. The Morgan fingerprint density at radius 1 is 1.13 bits per heavy atom. The van der Waals surface area contributed by atoms with E-state index in [0.717, 1.165) is 29.9 Å². The number of rotatable bonds is 3. The normalized spacial score (nSPS) is 33.7. The van der Waals surface area contributed by atoms with Crippen LogP contribution in [0.2, 0.25) is 0 Å². The molecule has 4 rings (SSSR count). The Labute approximate surface area is 139 Å².